The third-order valence-electron chi connectivity index (χ3n) is 5.18. The van der Waals surface area contributed by atoms with Gasteiger partial charge in [0.1, 0.15) is 17.3 Å². The zero-order chi connectivity index (χ0) is 26.5. The van der Waals surface area contributed by atoms with Gasteiger partial charge < -0.3 is 19.9 Å². The molecule has 10 nitrogen and oxygen atoms in total. The minimum absolute atomic E-state index is 0.124. The van der Waals surface area contributed by atoms with E-state index in [1.54, 1.807) is 32.3 Å². The Morgan fingerprint density at radius 1 is 1.11 bits per heavy atom. The first kappa shape index (κ1) is 26.7. The van der Waals surface area contributed by atoms with Crippen LogP contribution in [-0.2, 0) is 10.0 Å². The van der Waals surface area contributed by atoms with Crippen molar-refractivity contribution >= 4 is 39.3 Å². The van der Waals surface area contributed by atoms with Crippen molar-refractivity contribution in [1.29, 1.82) is 0 Å². The number of hydrogen-bond donors (Lipinski definition) is 1. The number of halogens is 1. The smallest absolute Gasteiger partial charge is 0.409 e. The highest BCUT2D eigenvalue weighted by molar-refractivity contribution is 7.92. The zero-order valence-corrected chi connectivity index (χ0v) is 21.5. The number of aromatic nitrogens is 2. The number of benzene rings is 2. The van der Waals surface area contributed by atoms with E-state index in [9.17, 15) is 17.6 Å². The predicted molar refractivity (Wildman–Crippen MR) is 136 cm³/mol. The molecule has 0 unspecified atom stereocenters. The van der Waals surface area contributed by atoms with Gasteiger partial charge >= 0.3 is 6.09 Å². The van der Waals surface area contributed by atoms with Crippen LogP contribution < -0.4 is 19.3 Å². The number of anilines is 4. The molecule has 1 aromatic heterocycles. The summed E-state index contributed by atoms with van der Waals surface area (Å²) in [5.41, 5.74) is 0.500. The summed E-state index contributed by atoms with van der Waals surface area (Å²) in [5.74, 6) is 0.0494. The summed E-state index contributed by atoms with van der Waals surface area (Å²) in [6.07, 6.45) is 0.811. The number of nitrogens with zero attached hydrogens (tertiary/aromatic N) is 5. The Morgan fingerprint density at radius 3 is 2.44 bits per heavy atom. The van der Waals surface area contributed by atoms with E-state index in [0.29, 0.717) is 24.7 Å². The average Bonchev–Trinajstić information content (AvgIpc) is 2.84. The molecule has 1 N–H and O–H groups in total. The van der Waals surface area contributed by atoms with Crippen LogP contribution in [0.3, 0.4) is 0 Å². The number of carbonyl (C=O) groups excluding carboxylic acids is 1. The average molecular weight is 516 g/mol. The van der Waals surface area contributed by atoms with Gasteiger partial charge in [0.05, 0.1) is 22.8 Å². The molecule has 36 heavy (non-hydrogen) atoms. The number of amides is 1. The molecule has 0 aliphatic heterocycles. The van der Waals surface area contributed by atoms with Crippen molar-refractivity contribution in [2.24, 2.45) is 0 Å². The zero-order valence-electron chi connectivity index (χ0n) is 20.7. The molecule has 1 amide bonds. The van der Waals surface area contributed by atoms with Gasteiger partial charge in [-0.25, -0.2) is 22.6 Å². The Hall–Kier alpha value is -3.93. The third-order valence-corrected chi connectivity index (χ3v) is 6.95. The highest BCUT2D eigenvalue weighted by atomic mass is 32.2. The molecule has 1 radical (unpaired) electrons. The van der Waals surface area contributed by atoms with Crippen LogP contribution in [0.1, 0.15) is 13.8 Å². The molecule has 0 aliphatic carbocycles. The largest absolute Gasteiger partial charge is 0.414 e. The first-order valence-corrected chi connectivity index (χ1v) is 12.6. The Kier molecular flexibility index (Phi) is 8.30. The Bertz CT molecular complexity index is 1330. The molecule has 0 aliphatic rings. The topological polar surface area (TPSA) is 108 Å². The molecule has 0 fully saturated rings. The van der Waals surface area contributed by atoms with E-state index < -0.39 is 21.9 Å². The van der Waals surface area contributed by atoms with E-state index in [-0.39, 0.29) is 22.2 Å². The summed E-state index contributed by atoms with van der Waals surface area (Å²) in [6, 6.07) is 12.5. The van der Waals surface area contributed by atoms with Crippen LogP contribution in [0.25, 0.3) is 0 Å². The molecule has 0 saturated carbocycles. The molecule has 2 aromatic carbocycles. The second-order valence-corrected chi connectivity index (χ2v) is 9.79. The van der Waals surface area contributed by atoms with Crippen molar-refractivity contribution in [2.75, 3.05) is 48.8 Å². The molecular weight excluding hydrogens is 487 g/mol. The van der Waals surface area contributed by atoms with Gasteiger partial charge in [-0.15, -0.1) is 0 Å². The molecule has 3 aromatic rings. The minimum Gasteiger partial charge on any atom is -0.409 e. The molecule has 0 spiro atoms. The molecule has 0 atom stereocenters. The lowest BCUT2D eigenvalue weighted by Gasteiger charge is -2.24. The van der Waals surface area contributed by atoms with Gasteiger partial charge in [-0.05, 0) is 44.2 Å². The quantitative estimate of drug-likeness (QED) is 0.457. The van der Waals surface area contributed by atoms with Gasteiger partial charge in [0.2, 0.25) is 5.95 Å². The van der Waals surface area contributed by atoms with Crippen LogP contribution in [0, 0.1) is 11.9 Å². The Balaban J connectivity index is 2.04. The summed E-state index contributed by atoms with van der Waals surface area (Å²) >= 11 is 0. The number of rotatable bonds is 9. The maximum atomic E-state index is 13.8. The molecule has 191 valence electrons. The lowest BCUT2D eigenvalue weighted by atomic mass is 10.3. The first-order valence-electron chi connectivity index (χ1n) is 11.1. The van der Waals surface area contributed by atoms with Crippen molar-refractivity contribution < 1.29 is 22.3 Å². The highest BCUT2D eigenvalue weighted by Gasteiger charge is 2.26. The molecule has 0 saturated heterocycles. The molecular formula is C24H28FN6O4S. The van der Waals surface area contributed by atoms with Crippen molar-refractivity contribution in [3.8, 4) is 5.75 Å². The van der Waals surface area contributed by atoms with E-state index in [1.807, 2.05) is 18.7 Å². The van der Waals surface area contributed by atoms with Crippen molar-refractivity contribution in [3.63, 3.8) is 0 Å². The monoisotopic (exact) mass is 515 g/mol. The Morgan fingerprint density at radius 2 is 1.81 bits per heavy atom. The molecule has 0 bridgehead atoms. The second-order valence-electron chi connectivity index (χ2n) is 7.82. The van der Waals surface area contributed by atoms with Crippen molar-refractivity contribution in [2.45, 2.75) is 18.7 Å². The summed E-state index contributed by atoms with van der Waals surface area (Å²) in [5, 5.41) is 3.06. The van der Waals surface area contributed by atoms with Gasteiger partial charge in [0, 0.05) is 34.2 Å². The van der Waals surface area contributed by atoms with Gasteiger partial charge in [-0.3, -0.25) is 4.31 Å². The van der Waals surface area contributed by atoms with Gasteiger partial charge in [0.25, 0.3) is 10.0 Å². The van der Waals surface area contributed by atoms with Crippen LogP contribution in [-0.4, -0.2) is 63.6 Å². The Labute approximate surface area is 210 Å². The predicted octanol–water partition coefficient (Wildman–Crippen LogP) is 3.89. The molecule has 12 heteroatoms. The standard InChI is InChI=1S/C24H28FN6O4S/c1-6-31(7-2)23-26-16-21(30(5)36(33,34)20-13-8-10-17(25)14-20)22(28-23)27-18-11-9-12-19(15-18)35-24(32)29(3)4/h8-14,16H,6-7H2,1-5H3,(H,26,27,28). The van der Waals surface area contributed by atoms with Crippen molar-refractivity contribution in [3.05, 3.63) is 60.5 Å². The normalized spacial score (nSPS) is 11.1. The second kappa shape index (κ2) is 11.2. The first-order chi connectivity index (χ1) is 17.1. The maximum Gasteiger partial charge on any atom is 0.414 e. The number of sulfonamides is 1. The van der Waals surface area contributed by atoms with E-state index in [4.69, 9.17) is 4.74 Å². The highest BCUT2D eigenvalue weighted by Crippen LogP contribution is 2.32. The van der Waals surface area contributed by atoms with Crippen molar-refractivity contribution in [1.82, 2.24) is 14.9 Å². The van der Waals surface area contributed by atoms with Crippen LogP contribution in [0.2, 0.25) is 0 Å². The maximum absolute atomic E-state index is 13.8. The number of carbonyl (C=O) groups is 1. The van der Waals surface area contributed by atoms with Gasteiger partial charge in [-0.2, -0.15) is 4.98 Å². The van der Waals surface area contributed by atoms with Crippen LogP contribution in [0.4, 0.5) is 32.3 Å². The summed E-state index contributed by atoms with van der Waals surface area (Å²) in [7, 11) is 0.315. The van der Waals surface area contributed by atoms with Gasteiger partial charge in [-0.1, -0.05) is 12.1 Å². The lowest BCUT2D eigenvalue weighted by Crippen LogP contribution is -2.29. The summed E-state index contributed by atoms with van der Waals surface area (Å²) in [6.45, 7) is 5.17. The van der Waals surface area contributed by atoms with Crippen LogP contribution >= 0.6 is 0 Å². The summed E-state index contributed by atoms with van der Waals surface area (Å²) in [4.78, 5) is 23.8. The number of ether oxygens (including phenoxy) is 1. The molecule has 1 heterocycles. The molecule has 3 rings (SSSR count). The van der Waals surface area contributed by atoms with E-state index in [2.05, 4.69) is 21.4 Å². The van der Waals surface area contributed by atoms with Crippen LogP contribution in [0.15, 0.2) is 53.6 Å². The fourth-order valence-corrected chi connectivity index (χ4v) is 4.38. The number of hydrogen-bond acceptors (Lipinski definition) is 8. The van der Waals surface area contributed by atoms with E-state index in [1.165, 1.54) is 36.3 Å². The van der Waals surface area contributed by atoms with Gasteiger partial charge in [0.15, 0.2) is 5.82 Å². The number of nitrogens with one attached hydrogen (secondary N) is 1. The fraction of sp³-hybridized carbons (Fsp3) is 0.292. The summed E-state index contributed by atoms with van der Waals surface area (Å²) < 4.78 is 46.5. The van der Waals surface area contributed by atoms with E-state index in [0.717, 1.165) is 10.4 Å². The third kappa shape index (κ3) is 6.00. The van der Waals surface area contributed by atoms with Crippen LogP contribution in [0.5, 0.6) is 5.75 Å². The minimum atomic E-state index is -4.13. The SMILES string of the molecule is CCN(CC)c1ncc(N(C)S(=O)(=O)c2cccc(F)c2)c(Nc2[c]c(OC(=O)N(C)C)ccc2)n1. The fourth-order valence-electron chi connectivity index (χ4n) is 3.16. The van der Waals surface area contributed by atoms with E-state index >= 15 is 0 Å². The lowest BCUT2D eigenvalue weighted by molar-refractivity contribution is 0.172.